The SMILES string of the molecule is Cn1c(-c2csc(I)c2)nc2cc(C(=O)O)ccc21. The Kier molecular flexibility index (Phi) is 3.06. The second-order valence-corrected chi connectivity index (χ2v) is 6.95. The first-order chi connectivity index (χ1) is 9.06. The molecule has 0 aliphatic heterocycles. The summed E-state index contributed by atoms with van der Waals surface area (Å²) in [4.78, 5) is 15.5. The van der Waals surface area contributed by atoms with Crippen LogP contribution in [0.25, 0.3) is 22.4 Å². The van der Waals surface area contributed by atoms with Crippen LogP contribution in [0, 0.1) is 2.88 Å². The summed E-state index contributed by atoms with van der Waals surface area (Å²) in [6, 6.07) is 7.09. The summed E-state index contributed by atoms with van der Waals surface area (Å²) in [5.41, 5.74) is 2.96. The Morgan fingerprint density at radius 3 is 2.84 bits per heavy atom. The van der Waals surface area contributed by atoms with E-state index in [1.54, 1.807) is 29.5 Å². The molecule has 0 spiro atoms. The number of aromatic carboxylic acids is 1. The smallest absolute Gasteiger partial charge is 0.335 e. The molecule has 0 radical (unpaired) electrons. The van der Waals surface area contributed by atoms with Gasteiger partial charge in [-0.3, -0.25) is 0 Å². The molecule has 0 amide bonds. The minimum absolute atomic E-state index is 0.261. The van der Waals surface area contributed by atoms with E-state index in [-0.39, 0.29) is 5.56 Å². The summed E-state index contributed by atoms with van der Waals surface area (Å²) in [6.07, 6.45) is 0. The van der Waals surface area contributed by atoms with E-state index in [9.17, 15) is 4.79 Å². The largest absolute Gasteiger partial charge is 0.478 e. The monoisotopic (exact) mass is 384 g/mol. The normalized spacial score (nSPS) is 11.1. The van der Waals surface area contributed by atoms with Crippen molar-refractivity contribution < 1.29 is 9.90 Å². The maximum Gasteiger partial charge on any atom is 0.335 e. The van der Waals surface area contributed by atoms with Crippen LogP contribution in [-0.4, -0.2) is 20.6 Å². The van der Waals surface area contributed by atoms with E-state index < -0.39 is 5.97 Å². The molecule has 3 rings (SSSR count). The van der Waals surface area contributed by atoms with Crippen molar-refractivity contribution in [2.75, 3.05) is 0 Å². The van der Waals surface area contributed by atoms with Gasteiger partial charge in [0, 0.05) is 18.0 Å². The van der Waals surface area contributed by atoms with E-state index >= 15 is 0 Å². The molecule has 0 saturated carbocycles. The van der Waals surface area contributed by atoms with E-state index in [1.165, 1.54) is 2.88 Å². The molecule has 3 aromatic rings. The third-order valence-electron chi connectivity index (χ3n) is 2.95. The van der Waals surface area contributed by atoms with Crippen molar-refractivity contribution in [1.82, 2.24) is 9.55 Å². The van der Waals surface area contributed by atoms with Gasteiger partial charge in [0.25, 0.3) is 0 Å². The zero-order valence-corrected chi connectivity index (χ0v) is 12.9. The summed E-state index contributed by atoms with van der Waals surface area (Å²) in [6.45, 7) is 0. The number of nitrogens with zero attached hydrogens (tertiary/aromatic N) is 2. The van der Waals surface area contributed by atoms with Crippen LogP contribution in [0.2, 0.25) is 0 Å². The maximum absolute atomic E-state index is 11.0. The number of fused-ring (bicyclic) bond motifs is 1. The van der Waals surface area contributed by atoms with Gasteiger partial charge in [-0.05, 0) is 46.9 Å². The van der Waals surface area contributed by atoms with Gasteiger partial charge in [-0.1, -0.05) is 0 Å². The van der Waals surface area contributed by atoms with Gasteiger partial charge < -0.3 is 9.67 Å². The highest BCUT2D eigenvalue weighted by Crippen LogP contribution is 2.28. The fourth-order valence-corrected chi connectivity index (χ4v) is 3.34. The van der Waals surface area contributed by atoms with Gasteiger partial charge in [-0.25, -0.2) is 9.78 Å². The third-order valence-corrected chi connectivity index (χ3v) is 4.74. The number of thiophene rings is 1. The predicted octanol–water partition coefficient (Wildman–Crippen LogP) is 3.60. The van der Waals surface area contributed by atoms with Crippen LogP contribution >= 0.6 is 33.9 Å². The molecule has 0 bridgehead atoms. The number of aromatic nitrogens is 2. The number of carboxylic acid groups (broad SMARTS) is 1. The molecule has 4 nitrogen and oxygen atoms in total. The fraction of sp³-hybridized carbons (Fsp3) is 0.0769. The van der Waals surface area contributed by atoms with Crippen molar-refractivity contribution in [2.24, 2.45) is 7.05 Å². The highest BCUT2D eigenvalue weighted by atomic mass is 127. The van der Waals surface area contributed by atoms with Crippen molar-refractivity contribution in [3.05, 3.63) is 38.1 Å². The Bertz CT molecular complexity index is 791. The number of carboxylic acids is 1. The van der Waals surface area contributed by atoms with Gasteiger partial charge in [-0.2, -0.15) is 0 Å². The molecule has 1 N–H and O–H groups in total. The van der Waals surface area contributed by atoms with Gasteiger partial charge in [-0.15, -0.1) is 11.3 Å². The molecule has 96 valence electrons. The van der Waals surface area contributed by atoms with Crippen LogP contribution in [0.1, 0.15) is 10.4 Å². The Labute approximate surface area is 126 Å². The minimum Gasteiger partial charge on any atom is -0.478 e. The van der Waals surface area contributed by atoms with Crippen molar-refractivity contribution in [2.45, 2.75) is 0 Å². The van der Waals surface area contributed by atoms with E-state index in [2.05, 4.69) is 39.0 Å². The molecule has 0 fully saturated rings. The van der Waals surface area contributed by atoms with Crippen LogP contribution in [0.4, 0.5) is 0 Å². The Balaban J connectivity index is 2.22. The van der Waals surface area contributed by atoms with Gasteiger partial charge >= 0.3 is 5.97 Å². The first-order valence-corrected chi connectivity index (χ1v) is 7.46. The van der Waals surface area contributed by atoms with E-state index in [4.69, 9.17) is 5.11 Å². The minimum atomic E-state index is -0.931. The van der Waals surface area contributed by atoms with Crippen LogP contribution in [0.5, 0.6) is 0 Å². The summed E-state index contributed by atoms with van der Waals surface area (Å²) >= 11 is 3.94. The highest BCUT2D eigenvalue weighted by Gasteiger charge is 2.13. The van der Waals surface area contributed by atoms with Gasteiger partial charge in [0.1, 0.15) is 5.82 Å². The summed E-state index contributed by atoms with van der Waals surface area (Å²) in [5.74, 6) is -0.0733. The maximum atomic E-state index is 11.0. The Morgan fingerprint density at radius 2 is 2.21 bits per heavy atom. The van der Waals surface area contributed by atoms with Crippen LogP contribution in [0.3, 0.4) is 0 Å². The Hall–Kier alpha value is -1.41. The molecule has 6 heteroatoms. The molecule has 2 heterocycles. The first-order valence-electron chi connectivity index (χ1n) is 5.50. The number of rotatable bonds is 2. The van der Waals surface area contributed by atoms with E-state index in [0.29, 0.717) is 5.52 Å². The highest BCUT2D eigenvalue weighted by molar-refractivity contribution is 14.1. The summed E-state index contributed by atoms with van der Waals surface area (Å²) in [7, 11) is 1.94. The molecule has 0 atom stereocenters. The topological polar surface area (TPSA) is 55.1 Å². The van der Waals surface area contributed by atoms with Crippen LogP contribution < -0.4 is 0 Å². The molecular weight excluding hydrogens is 375 g/mol. The number of carbonyl (C=O) groups is 1. The molecule has 1 aromatic carbocycles. The number of benzene rings is 1. The second kappa shape index (κ2) is 4.61. The lowest BCUT2D eigenvalue weighted by Crippen LogP contribution is -1.95. The van der Waals surface area contributed by atoms with Crippen LogP contribution in [-0.2, 0) is 7.05 Å². The lowest BCUT2D eigenvalue weighted by atomic mass is 10.2. The number of hydrogen-bond donors (Lipinski definition) is 1. The lowest BCUT2D eigenvalue weighted by molar-refractivity contribution is 0.0697. The van der Waals surface area contributed by atoms with E-state index in [1.807, 2.05) is 11.6 Å². The van der Waals surface area contributed by atoms with Gasteiger partial charge in [0.2, 0.25) is 0 Å². The molecule has 19 heavy (non-hydrogen) atoms. The number of halogens is 1. The quantitative estimate of drug-likeness (QED) is 0.687. The number of imidazole rings is 1. The summed E-state index contributed by atoms with van der Waals surface area (Å²) < 4.78 is 3.19. The molecule has 0 saturated heterocycles. The van der Waals surface area contributed by atoms with Crippen LogP contribution in [0.15, 0.2) is 29.6 Å². The zero-order valence-electron chi connectivity index (χ0n) is 9.92. The number of hydrogen-bond acceptors (Lipinski definition) is 3. The standard InChI is InChI=1S/C13H9IN2O2S/c1-16-10-3-2-7(13(17)18)4-9(10)15-12(16)8-5-11(14)19-6-8/h2-6H,1H3,(H,17,18). The molecule has 0 aliphatic carbocycles. The summed E-state index contributed by atoms with van der Waals surface area (Å²) in [5, 5.41) is 11.1. The molecule has 0 unspecified atom stereocenters. The fourth-order valence-electron chi connectivity index (χ4n) is 2.02. The molecule has 2 aromatic heterocycles. The number of aryl methyl sites for hydroxylation is 1. The second-order valence-electron chi connectivity index (χ2n) is 4.14. The predicted molar refractivity (Wildman–Crippen MR) is 83.7 cm³/mol. The molecule has 0 aliphatic rings. The van der Waals surface area contributed by atoms with Gasteiger partial charge in [0.15, 0.2) is 0 Å². The lowest BCUT2D eigenvalue weighted by Gasteiger charge is -1.99. The molecular formula is C13H9IN2O2S. The Morgan fingerprint density at radius 1 is 1.42 bits per heavy atom. The van der Waals surface area contributed by atoms with E-state index in [0.717, 1.165) is 16.9 Å². The third kappa shape index (κ3) is 2.14. The van der Waals surface area contributed by atoms with Crippen molar-refractivity contribution in [3.63, 3.8) is 0 Å². The zero-order chi connectivity index (χ0) is 13.6. The first kappa shape index (κ1) is 12.6. The van der Waals surface area contributed by atoms with Crippen molar-refractivity contribution >= 4 is 50.9 Å². The average molecular weight is 384 g/mol. The van der Waals surface area contributed by atoms with Gasteiger partial charge in [0.05, 0.1) is 19.5 Å². The van der Waals surface area contributed by atoms with Crippen molar-refractivity contribution in [3.8, 4) is 11.4 Å². The average Bonchev–Trinajstić information content (AvgIpc) is 2.93. The van der Waals surface area contributed by atoms with Crippen molar-refractivity contribution in [1.29, 1.82) is 0 Å².